The van der Waals surface area contributed by atoms with Crippen LogP contribution in [0.4, 0.5) is 5.69 Å². The number of anilines is 1. The van der Waals surface area contributed by atoms with Crippen LogP contribution in [-0.2, 0) is 22.6 Å². The molecular weight excluding hydrogens is 466 g/mol. The Hall–Kier alpha value is -4.31. The smallest absolute Gasteiger partial charge is 0.337 e. The molecule has 186 valence electrons. The van der Waals surface area contributed by atoms with Crippen LogP contribution in [0.25, 0.3) is 0 Å². The van der Waals surface area contributed by atoms with E-state index in [-0.39, 0.29) is 12.7 Å². The number of carbonyl (C=O) groups is 1. The lowest BCUT2D eigenvalue weighted by atomic mass is 9.79. The van der Waals surface area contributed by atoms with Crippen LogP contribution in [0.2, 0.25) is 0 Å². The number of hydrogen-bond acceptors (Lipinski definition) is 7. The fourth-order valence-corrected chi connectivity index (χ4v) is 5.13. The molecule has 0 spiro atoms. The fourth-order valence-electron chi connectivity index (χ4n) is 5.13. The Balaban J connectivity index is 1.50. The minimum Gasteiger partial charge on any atom is -0.493 e. The van der Waals surface area contributed by atoms with Gasteiger partial charge < -0.3 is 19.5 Å². The van der Waals surface area contributed by atoms with Crippen LogP contribution in [-0.4, -0.2) is 23.7 Å². The van der Waals surface area contributed by atoms with Crippen molar-refractivity contribution < 1.29 is 19.0 Å². The summed E-state index contributed by atoms with van der Waals surface area (Å²) in [7, 11) is 0. The van der Waals surface area contributed by atoms with Crippen LogP contribution < -0.4 is 14.8 Å². The van der Waals surface area contributed by atoms with Gasteiger partial charge in [-0.1, -0.05) is 36.4 Å². The fraction of sp³-hybridized carbons (Fsp3) is 0.300. The van der Waals surface area contributed by atoms with Crippen LogP contribution in [0, 0.1) is 18.3 Å². The van der Waals surface area contributed by atoms with Crippen molar-refractivity contribution in [3.63, 3.8) is 0 Å². The Bertz CT molecular complexity index is 1470. The number of carbonyl (C=O) groups excluding carboxylic acids is 1. The molecule has 0 amide bonds. The summed E-state index contributed by atoms with van der Waals surface area (Å²) in [5, 5.41) is 13.1. The Labute approximate surface area is 215 Å². The van der Waals surface area contributed by atoms with E-state index in [9.17, 15) is 10.1 Å². The van der Waals surface area contributed by atoms with Crippen LogP contribution in [0.3, 0.4) is 0 Å². The van der Waals surface area contributed by atoms with E-state index in [0.29, 0.717) is 41.5 Å². The number of nitrogens with one attached hydrogen (secondary N) is 1. The van der Waals surface area contributed by atoms with E-state index in [1.54, 1.807) is 6.20 Å². The molecule has 3 aliphatic rings. The highest BCUT2D eigenvalue weighted by atomic mass is 16.5. The van der Waals surface area contributed by atoms with E-state index in [4.69, 9.17) is 14.2 Å². The number of allylic oxidation sites excluding steroid dienone is 1. The quantitative estimate of drug-likeness (QED) is 0.465. The van der Waals surface area contributed by atoms with Crippen LogP contribution in [0.1, 0.15) is 59.1 Å². The summed E-state index contributed by atoms with van der Waals surface area (Å²) in [5.41, 5.74) is 7.01. The summed E-state index contributed by atoms with van der Waals surface area (Å²) in [6, 6.07) is 15.6. The van der Waals surface area contributed by atoms with Crippen molar-refractivity contribution >= 4 is 11.7 Å². The number of aryl methyl sites for hydroxylation is 1. The SMILES string of the molecule is CC1=C(C(=O)OCc2ccccc2)C(c2ccc(C#N)c3c2OCC3)c2c(OC3CC3)ncc(C)c2N1. The van der Waals surface area contributed by atoms with Crippen molar-refractivity contribution in [1.29, 1.82) is 5.26 Å². The van der Waals surface area contributed by atoms with Crippen molar-refractivity contribution in [2.24, 2.45) is 0 Å². The highest BCUT2D eigenvalue weighted by Gasteiger charge is 2.40. The van der Waals surface area contributed by atoms with Gasteiger partial charge in [-0.25, -0.2) is 9.78 Å². The molecule has 0 saturated heterocycles. The van der Waals surface area contributed by atoms with Crippen molar-refractivity contribution in [3.8, 4) is 17.7 Å². The van der Waals surface area contributed by atoms with E-state index in [1.807, 2.05) is 56.3 Å². The summed E-state index contributed by atoms with van der Waals surface area (Å²) in [6.07, 6.45) is 4.55. The number of aromatic nitrogens is 1. The molecule has 37 heavy (non-hydrogen) atoms. The first-order valence-corrected chi connectivity index (χ1v) is 12.6. The van der Waals surface area contributed by atoms with Gasteiger partial charge in [0.1, 0.15) is 18.5 Å². The zero-order chi connectivity index (χ0) is 25.5. The molecule has 3 heterocycles. The Kier molecular flexibility index (Phi) is 5.80. The average molecular weight is 494 g/mol. The number of fused-ring (bicyclic) bond motifs is 2. The van der Waals surface area contributed by atoms with Gasteiger partial charge >= 0.3 is 5.97 Å². The molecule has 2 aliphatic heterocycles. The molecule has 1 aliphatic carbocycles. The molecule has 7 nitrogen and oxygen atoms in total. The third kappa shape index (κ3) is 4.19. The zero-order valence-corrected chi connectivity index (χ0v) is 20.8. The topological polar surface area (TPSA) is 93.5 Å². The molecule has 7 heteroatoms. The number of benzene rings is 2. The maximum Gasteiger partial charge on any atom is 0.337 e. The lowest BCUT2D eigenvalue weighted by Gasteiger charge is -2.32. The lowest BCUT2D eigenvalue weighted by molar-refractivity contribution is -0.140. The first kappa shape index (κ1) is 23.1. The molecule has 3 aromatic rings. The van der Waals surface area contributed by atoms with Gasteiger partial charge in [0.15, 0.2) is 0 Å². The van der Waals surface area contributed by atoms with Gasteiger partial charge in [-0.05, 0) is 43.9 Å². The maximum atomic E-state index is 13.8. The van der Waals surface area contributed by atoms with Gasteiger partial charge in [0.2, 0.25) is 5.88 Å². The highest BCUT2D eigenvalue weighted by molar-refractivity contribution is 5.95. The van der Waals surface area contributed by atoms with E-state index >= 15 is 0 Å². The second kappa shape index (κ2) is 9.29. The van der Waals surface area contributed by atoms with E-state index in [1.165, 1.54) is 0 Å². The molecule has 1 atom stereocenters. The van der Waals surface area contributed by atoms with Gasteiger partial charge in [0, 0.05) is 29.4 Å². The molecule has 6 rings (SSSR count). The summed E-state index contributed by atoms with van der Waals surface area (Å²) in [6.45, 7) is 4.53. The van der Waals surface area contributed by atoms with Crippen molar-refractivity contribution in [2.45, 2.75) is 51.7 Å². The van der Waals surface area contributed by atoms with Gasteiger partial charge in [-0.3, -0.25) is 0 Å². The van der Waals surface area contributed by atoms with E-state index in [2.05, 4.69) is 16.4 Å². The highest BCUT2D eigenvalue weighted by Crippen LogP contribution is 2.51. The molecule has 2 aromatic carbocycles. The predicted octanol–water partition coefficient (Wildman–Crippen LogP) is 5.31. The maximum absolute atomic E-state index is 13.8. The average Bonchev–Trinajstić information content (AvgIpc) is 3.60. The van der Waals surface area contributed by atoms with Gasteiger partial charge in [-0.15, -0.1) is 0 Å². The van der Waals surface area contributed by atoms with Crippen molar-refractivity contribution in [3.05, 3.63) is 93.3 Å². The van der Waals surface area contributed by atoms with E-state index < -0.39 is 11.9 Å². The summed E-state index contributed by atoms with van der Waals surface area (Å²) >= 11 is 0. The molecule has 1 fully saturated rings. The Morgan fingerprint density at radius 3 is 2.76 bits per heavy atom. The van der Waals surface area contributed by atoms with Gasteiger partial charge in [0.25, 0.3) is 0 Å². The third-order valence-electron chi connectivity index (χ3n) is 7.12. The second-order valence-electron chi connectivity index (χ2n) is 9.73. The molecule has 0 radical (unpaired) electrons. The van der Waals surface area contributed by atoms with Crippen molar-refractivity contribution in [1.82, 2.24) is 4.98 Å². The third-order valence-corrected chi connectivity index (χ3v) is 7.12. The summed E-state index contributed by atoms with van der Waals surface area (Å²) in [5.74, 6) is 0.231. The number of rotatable bonds is 6. The summed E-state index contributed by atoms with van der Waals surface area (Å²) < 4.78 is 18.2. The Morgan fingerprint density at radius 1 is 1.19 bits per heavy atom. The number of pyridine rings is 1. The number of nitriles is 1. The number of nitrogens with zero attached hydrogens (tertiary/aromatic N) is 2. The first-order chi connectivity index (χ1) is 18.0. The lowest BCUT2D eigenvalue weighted by Crippen LogP contribution is -2.26. The van der Waals surface area contributed by atoms with Crippen LogP contribution in [0.5, 0.6) is 11.6 Å². The molecule has 1 N–H and O–H groups in total. The summed E-state index contributed by atoms with van der Waals surface area (Å²) in [4.78, 5) is 18.4. The van der Waals surface area contributed by atoms with Crippen LogP contribution in [0.15, 0.2) is 59.9 Å². The number of hydrogen-bond donors (Lipinski definition) is 1. The molecule has 1 saturated carbocycles. The largest absolute Gasteiger partial charge is 0.493 e. The predicted molar refractivity (Wildman–Crippen MR) is 137 cm³/mol. The minimum absolute atomic E-state index is 0.128. The molecule has 0 bridgehead atoms. The monoisotopic (exact) mass is 493 g/mol. The zero-order valence-electron chi connectivity index (χ0n) is 20.8. The molecule has 1 aromatic heterocycles. The van der Waals surface area contributed by atoms with Crippen molar-refractivity contribution in [2.75, 3.05) is 11.9 Å². The minimum atomic E-state index is -0.528. The van der Waals surface area contributed by atoms with E-state index in [0.717, 1.165) is 46.3 Å². The first-order valence-electron chi connectivity index (χ1n) is 12.6. The van der Waals surface area contributed by atoms with Gasteiger partial charge in [0.05, 0.1) is 41.0 Å². The molecular formula is C30H27N3O4. The standard InChI is InChI=1S/C30H27N3O4/c1-17-15-32-29(37-21-9-10-21)26-25(23-11-8-20(14-31)22-12-13-35-28(22)23)24(18(2)33-27(17)26)30(34)36-16-19-6-4-3-5-7-19/h3-8,11,15,21,25,33H,9-10,12-13,16H2,1-2H3. The van der Waals surface area contributed by atoms with Crippen LogP contribution >= 0.6 is 0 Å². The Morgan fingerprint density at radius 2 is 2.00 bits per heavy atom. The number of esters is 1. The second-order valence-corrected chi connectivity index (χ2v) is 9.73. The molecule has 1 unspecified atom stereocenters. The normalized spacial score (nSPS) is 17.7. The van der Waals surface area contributed by atoms with Gasteiger partial charge in [-0.2, -0.15) is 5.26 Å². The number of ether oxygens (including phenoxy) is 3.